The molecule has 22 heavy (non-hydrogen) atoms. The van der Waals surface area contributed by atoms with Crippen LogP contribution in [0, 0.1) is 11.7 Å². The van der Waals surface area contributed by atoms with Gasteiger partial charge in [-0.25, -0.2) is 4.39 Å². The van der Waals surface area contributed by atoms with Crippen LogP contribution in [0.4, 0.5) is 4.39 Å². The number of guanidine groups is 1. The molecule has 1 aromatic rings. The quantitative estimate of drug-likeness (QED) is 0.494. The van der Waals surface area contributed by atoms with Gasteiger partial charge in [0.15, 0.2) is 5.96 Å². The number of hydrogen-bond donors (Lipinski definition) is 1. The Labute approximate surface area is 131 Å². The summed E-state index contributed by atoms with van der Waals surface area (Å²) in [6.45, 7) is 3.80. The summed E-state index contributed by atoms with van der Waals surface area (Å²) in [6.07, 6.45) is 1.12. The summed E-state index contributed by atoms with van der Waals surface area (Å²) in [5.74, 6) is 1.69. The van der Waals surface area contributed by atoms with Crippen LogP contribution in [0.5, 0.6) is 5.75 Å². The fourth-order valence-electron chi connectivity index (χ4n) is 2.62. The Bertz CT molecular complexity index is 496. The Morgan fingerprint density at radius 3 is 3.09 bits per heavy atom. The fraction of sp³-hybridized carbons (Fsp3) is 0.562. The number of halogens is 1. The van der Waals surface area contributed by atoms with Gasteiger partial charge in [0.1, 0.15) is 18.2 Å². The summed E-state index contributed by atoms with van der Waals surface area (Å²) >= 11 is 0. The van der Waals surface area contributed by atoms with E-state index in [9.17, 15) is 4.39 Å². The van der Waals surface area contributed by atoms with Crippen LogP contribution < -0.4 is 10.1 Å². The third-order valence-corrected chi connectivity index (χ3v) is 3.65. The van der Waals surface area contributed by atoms with Crippen LogP contribution in [0.25, 0.3) is 0 Å². The minimum Gasteiger partial charge on any atom is -0.492 e. The van der Waals surface area contributed by atoms with Crippen molar-refractivity contribution in [3.63, 3.8) is 0 Å². The number of nitrogens with one attached hydrogen (secondary N) is 1. The number of likely N-dealkylation sites (tertiary alicyclic amines) is 1. The second-order valence-electron chi connectivity index (χ2n) is 5.34. The second-order valence-corrected chi connectivity index (χ2v) is 5.34. The van der Waals surface area contributed by atoms with Crippen molar-refractivity contribution in [2.45, 2.75) is 6.42 Å². The molecule has 1 aliphatic heterocycles. The summed E-state index contributed by atoms with van der Waals surface area (Å²) in [7, 11) is 3.51. The van der Waals surface area contributed by atoms with Crippen molar-refractivity contribution >= 4 is 5.96 Å². The molecule has 1 heterocycles. The van der Waals surface area contributed by atoms with E-state index in [1.54, 1.807) is 26.3 Å². The van der Waals surface area contributed by atoms with Gasteiger partial charge in [-0.3, -0.25) is 4.99 Å². The minimum absolute atomic E-state index is 0.289. The maximum absolute atomic E-state index is 13.0. The first-order valence-corrected chi connectivity index (χ1v) is 7.56. The number of methoxy groups -OCH3 is 1. The number of rotatable bonds is 6. The van der Waals surface area contributed by atoms with Crippen LogP contribution >= 0.6 is 0 Å². The van der Waals surface area contributed by atoms with Gasteiger partial charge in [-0.2, -0.15) is 0 Å². The molecule has 1 fully saturated rings. The van der Waals surface area contributed by atoms with Crippen molar-refractivity contribution in [3.05, 3.63) is 30.1 Å². The van der Waals surface area contributed by atoms with Gasteiger partial charge in [0, 0.05) is 39.2 Å². The molecule has 0 spiro atoms. The minimum atomic E-state index is -0.289. The first-order valence-electron chi connectivity index (χ1n) is 7.56. The molecule has 1 unspecified atom stereocenters. The normalized spacial score (nSPS) is 18.6. The molecule has 1 saturated heterocycles. The summed E-state index contributed by atoms with van der Waals surface area (Å²) < 4.78 is 23.7. The third kappa shape index (κ3) is 4.87. The molecule has 1 aromatic carbocycles. The highest BCUT2D eigenvalue weighted by molar-refractivity contribution is 5.80. The summed E-state index contributed by atoms with van der Waals surface area (Å²) in [6, 6.07) is 6.16. The molecule has 122 valence electrons. The zero-order chi connectivity index (χ0) is 15.8. The Hall–Kier alpha value is -1.82. The Morgan fingerprint density at radius 1 is 1.50 bits per heavy atom. The highest BCUT2D eigenvalue weighted by atomic mass is 19.1. The van der Waals surface area contributed by atoms with E-state index in [-0.39, 0.29) is 5.82 Å². The molecule has 0 aliphatic carbocycles. The molecule has 0 saturated carbocycles. The van der Waals surface area contributed by atoms with Gasteiger partial charge >= 0.3 is 0 Å². The van der Waals surface area contributed by atoms with Gasteiger partial charge < -0.3 is 19.7 Å². The number of benzene rings is 1. The molecular formula is C16H24FN3O2. The average molecular weight is 309 g/mol. The summed E-state index contributed by atoms with van der Waals surface area (Å²) in [4.78, 5) is 6.53. The molecule has 6 heteroatoms. The summed E-state index contributed by atoms with van der Waals surface area (Å²) in [5, 5.41) is 3.28. The largest absolute Gasteiger partial charge is 0.492 e. The van der Waals surface area contributed by atoms with E-state index in [1.165, 1.54) is 12.1 Å². The predicted octanol–water partition coefficient (Wildman–Crippen LogP) is 1.75. The van der Waals surface area contributed by atoms with Crippen LogP contribution in [-0.4, -0.2) is 57.9 Å². The number of aliphatic imine (C=N–C) groups is 1. The number of hydrogen-bond acceptors (Lipinski definition) is 3. The van der Waals surface area contributed by atoms with Crippen LogP contribution in [0.15, 0.2) is 29.3 Å². The Morgan fingerprint density at radius 2 is 2.36 bits per heavy atom. The van der Waals surface area contributed by atoms with Crippen molar-refractivity contribution < 1.29 is 13.9 Å². The highest BCUT2D eigenvalue weighted by Gasteiger charge is 2.24. The lowest BCUT2D eigenvalue weighted by molar-refractivity contribution is 0.157. The standard InChI is InChI=1S/C16H24FN3O2/c1-18-16(20-8-6-13(11-20)12-21-2)19-7-9-22-15-5-3-4-14(17)10-15/h3-5,10,13H,6-9,11-12H2,1-2H3,(H,18,19). The first-order chi connectivity index (χ1) is 10.7. The van der Waals surface area contributed by atoms with Gasteiger partial charge in [-0.1, -0.05) is 6.07 Å². The maximum Gasteiger partial charge on any atom is 0.193 e. The molecule has 0 amide bonds. The van der Waals surface area contributed by atoms with Gasteiger partial charge in [-0.15, -0.1) is 0 Å². The van der Waals surface area contributed by atoms with Crippen LogP contribution in [0.3, 0.4) is 0 Å². The van der Waals surface area contributed by atoms with E-state index in [0.29, 0.717) is 24.8 Å². The topological polar surface area (TPSA) is 46.1 Å². The van der Waals surface area contributed by atoms with Crippen LogP contribution in [-0.2, 0) is 4.74 Å². The van der Waals surface area contributed by atoms with Gasteiger partial charge in [0.25, 0.3) is 0 Å². The molecule has 1 aliphatic rings. The first kappa shape index (κ1) is 16.5. The lowest BCUT2D eigenvalue weighted by Crippen LogP contribution is -2.41. The second kappa shape index (κ2) is 8.58. The van der Waals surface area contributed by atoms with E-state index < -0.39 is 0 Å². The van der Waals surface area contributed by atoms with E-state index in [1.807, 2.05) is 0 Å². The fourth-order valence-corrected chi connectivity index (χ4v) is 2.62. The zero-order valence-corrected chi connectivity index (χ0v) is 13.2. The molecule has 5 nitrogen and oxygen atoms in total. The SMILES string of the molecule is CN=C(NCCOc1cccc(F)c1)N1CCC(COC)C1. The van der Waals surface area contributed by atoms with E-state index in [4.69, 9.17) is 9.47 Å². The summed E-state index contributed by atoms with van der Waals surface area (Å²) in [5.41, 5.74) is 0. The van der Waals surface area contributed by atoms with E-state index in [0.717, 1.165) is 32.1 Å². The predicted molar refractivity (Wildman–Crippen MR) is 84.8 cm³/mol. The average Bonchev–Trinajstić information content (AvgIpc) is 2.96. The van der Waals surface area contributed by atoms with Crippen molar-refractivity contribution in [1.82, 2.24) is 10.2 Å². The maximum atomic E-state index is 13.0. The molecular weight excluding hydrogens is 285 g/mol. The van der Waals surface area contributed by atoms with Crippen LogP contribution in [0.2, 0.25) is 0 Å². The van der Waals surface area contributed by atoms with Crippen molar-refractivity contribution in [1.29, 1.82) is 0 Å². The molecule has 2 rings (SSSR count). The zero-order valence-electron chi connectivity index (χ0n) is 13.2. The van der Waals surface area contributed by atoms with Crippen LogP contribution in [0.1, 0.15) is 6.42 Å². The van der Waals surface area contributed by atoms with Crippen molar-refractivity contribution in [2.75, 3.05) is 47.0 Å². The molecule has 0 bridgehead atoms. The monoisotopic (exact) mass is 309 g/mol. The van der Waals surface area contributed by atoms with Gasteiger partial charge in [-0.05, 0) is 18.6 Å². The number of nitrogens with zero attached hydrogens (tertiary/aromatic N) is 2. The Balaban J connectivity index is 1.71. The van der Waals surface area contributed by atoms with E-state index >= 15 is 0 Å². The molecule has 0 aromatic heterocycles. The Kier molecular flexibility index (Phi) is 6.45. The van der Waals surface area contributed by atoms with E-state index in [2.05, 4.69) is 15.2 Å². The lowest BCUT2D eigenvalue weighted by Gasteiger charge is -2.21. The molecule has 0 radical (unpaired) electrons. The molecule has 1 atom stereocenters. The number of ether oxygens (including phenoxy) is 2. The van der Waals surface area contributed by atoms with Gasteiger partial charge in [0.05, 0.1) is 13.2 Å². The lowest BCUT2D eigenvalue weighted by atomic mass is 10.1. The van der Waals surface area contributed by atoms with Crippen molar-refractivity contribution in [3.8, 4) is 5.75 Å². The smallest absolute Gasteiger partial charge is 0.193 e. The van der Waals surface area contributed by atoms with Crippen molar-refractivity contribution in [2.24, 2.45) is 10.9 Å². The van der Waals surface area contributed by atoms with Gasteiger partial charge in [0.2, 0.25) is 0 Å². The highest BCUT2D eigenvalue weighted by Crippen LogP contribution is 2.16. The third-order valence-electron chi connectivity index (χ3n) is 3.65. The molecule has 1 N–H and O–H groups in total.